The number of thioether (sulfide) groups is 1. The quantitative estimate of drug-likeness (QED) is 0.354. The Morgan fingerprint density at radius 2 is 1.75 bits per heavy atom. The van der Waals surface area contributed by atoms with Crippen molar-refractivity contribution in [1.29, 1.82) is 0 Å². The van der Waals surface area contributed by atoms with Gasteiger partial charge in [-0.15, -0.1) is 36.6 Å². The lowest BCUT2D eigenvalue weighted by Gasteiger charge is -2.12. The van der Waals surface area contributed by atoms with Crippen molar-refractivity contribution < 1.29 is 4.74 Å². The van der Waals surface area contributed by atoms with Crippen LogP contribution in [0.5, 0.6) is 5.75 Å². The summed E-state index contributed by atoms with van der Waals surface area (Å²) >= 11 is 7.98. The van der Waals surface area contributed by atoms with Crippen LogP contribution >= 0.6 is 48.2 Å². The molecule has 7 heteroatoms. The lowest BCUT2D eigenvalue weighted by molar-refractivity contribution is 0.415. The van der Waals surface area contributed by atoms with Gasteiger partial charge in [-0.25, -0.2) is 4.98 Å². The van der Waals surface area contributed by atoms with Gasteiger partial charge in [-0.1, -0.05) is 11.6 Å². The van der Waals surface area contributed by atoms with Gasteiger partial charge in [0.25, 0.3) is 0 Å². The number of hydrogen-bond acceptors (Lipinski definition) is 4. The van der Waals surface area contributed by atoms with Crippen LogP contribution in [0.4, 0.5) is 0 Å². The Kier molecular flexibility index (Phi) is 8.40. The minimum Gasteiger partial charge on any atom is -0.497 e. The summed E-state index contributed by atoms with van der Waals surface area (Å²) in [5.41, 5.74) is 7.54. The molecule has 2 aromatic carbocycles. The Morgan fingerprint density at radius 3 is 2.42 bits per heavy atom. The van der Waals surface area contributed by atoms with Crippen LogP contribution in [0, 0.1) is 0 Å². The minimum absolute atomic E-state index is 0. The van der Waals surface area contributed by atoms with E-state index in [1.807, 2.05) is 36.4 Å². The number of aromatic nitrogens is 1. The molecule has 0 amide bonds. The Labute approximate surface area is 163 Å². The summed E-state index contributed by atoms with van der Waals surface area (Å²) in [4.78, 5) is 5.92. The Morgan fingerprint density at radius 1 is 1.08 bits per heavy atom. The van der Waals surface area contributed by atoms with E-state index in [9.17, 15) is 0 Å². The lowest BCUT2D eigenvalue weighted by atomic mass is 10.1. The molecule has 0 atom stereocenters. The van der Waals surface area contributed by atoms with Gasteiger partial charge in [0.2, 0.25) is 0 Å². The van der Waals surface area contributed by atoms with Crippen LogP contribution in [0.3, 0.4) is 0 Å². The number of halogens is 3. The highest BCUT2D eigenvalue weighted by molar-refractivity contribution is 7.99. The predicted octanol–water partition coefficient (Wildman–Crippen LogP) is 5.33. The minimum atomic E-state index is 0. The molecule has 0 spiro atoms. The Balaban J connectivity index is 0.00000144. The predicted molar refractivity (Wildman–Crippen MR) is 110 cm³/mol. The summed E-state index contributed by atoms with van der Waals surface area (Å²) in [6.45, 7) is 0.692. The second kappa shape index (κ2) is 9.54. The topological polar surface area (TPSA) is 48.1 Å². The zero-order valence-electron chi connectivity index (χ0n) is 13.1. The fourth-order valence-corrected chi connectivity index (χ4v) is 3.72. The molecule has 1 heterocycles. The highest BCUT2D eigenvalue weighted by Gasteiger charge is 2.11. The Hall–Kier alpha value is -0.910. The summed E-state index contributed by atoms with van der Waals surface area (Å²) < 4.78 is 5.36. The molecule has 0 aliphatic carbocycles. The van der Waals surface area contributed by atoms with Crippen LogP contribution < -0.4 is 10.5 Å². The molecule has 0 aliphatic rings. The van der Waals surface area contributed by atoms with Crippen molar-refractivity contribution in [3.05, 3.63) is 41.4 Å². The SMILES string of the molecule is COc1ccc2nc3ccc(Cl)cc3c(SCCCN)c2c1.Cl.Cl. The molecule has 1 aromatic heterocycles. The Bertz CT molecular complexity index is 830. The average Bonchev–Trinajstić information content (AvgIpc) is 2.54. The van der Waals surface area contributed by atoms with Gasteiger partial charge in [0.15, 0.2) is 0 Å². The zero-order valence-corrected chi connectivity index (χ0v) is 16.3. The van der Waals surface area contributed by atoms with Gasteiger partial charge in [-0.05, 0) is 55.1 Å². The molecule has 3 nitrogen and oxygen atoms in total. The highest BCUT2D eigenvalue weighted by atomic mass is 35.5. The number of fused-ring (bicyclic) bond motifs is 2. The van der Waals surface area contributed by atoms with Gasteiger partial charge in [0, 0.05) is 20.7 Å². The van der Waals surface area contributed by atoms with Crippen molar-refractivity contribution in [2.75, 3.05) is 19.4 Å². The molecule has 0 unspecified atom stereocenters. The van der Waals surface area contributed by atoms with Crippen molar-refractivity contribution in [1.82, 2.24) is 4.98 Å². The molecule has 0 aliphatic heterocycles. The summed E-state index contributed by atoms with van der Waals surface area (Å²) in [6.07, 6.45) is 0.973. The summed E-state index contributed by atoms with van der Waals surface area (Å²) in [5, 5.41) is 2.89. The van der Waals surface area contributed by atoms with E-state index in [2.05, 4.69) is 0 Å². The smallest absolute Gasteiger partial charge is 0.119 e. The largest absolute Gasteiger partial charge is 0.497 e. The van der Waals surface area contributed by atoms with Gasteiger partial charge in [0.05, 0.1) is 18.1 Å². The summed E-state index contributed by atoms with van der Waals surface area (Å²) in [7, 11) is 1.67. The second-order valence-electron chi connectivity index (χ2n) is 4.98. The second-order valence-corrected chi connectivity index (χ2v) is 6.52. The van der Waals surface area contributed by atoms with Gasteiger partial charge in [0.1, 0.15) is 5.75 Å². The first-order chi connectivity index (χ1) is 10.7. The van der Waals surface area contributed by atoms with Crippen LogP contribution in [0.2, 0.25) is 5.02 Å². The van der Waals surface area contributed by atoms with Crippen LogP contribution in [0.15, 0.2) is 41.3 Å². The maximum Gasteiger partial charge on any atom is 0.119 e. The molecule has 0 bridgehead atoms. The molecule has 0 saturated carbocycles. The van der Waals surface area contributed by atoms with E-state index in [4.69, 9.17) is 27.1 Å². The van der Waals surface area contributed by atoms with Crippen molar-refractivity contribution in [2.24, 2.45) is 5.73 Å². The van der Waals surface area contributed by atoms with Crippen LogP contribution in [0.1, 0.15) is 6.42 Å². The molecule has 3 aromatic rings. The van der Waals surface area contributed by atoms with E-state index in [1.54, 1.807) is 18.9 Å². The maximum absolute atomic E-state index is 6.18. The van der Waals surface area contributed by atoms with Crippen molar-refractivity contribution >= 4 is 70.0 Å². The molecular weight excluding hydrogens is 387 g/mol. The van der Waals surface area contributed by atoms with Gasteiger partial charge in [-0.3, -0.25) is 0 Å². The van der Waals surface area contributed by atoms with E-state index in [1.165, 1.54) is 4.90 Å². The molecule has 3 rings (SSSR count). The normalized spacial score (nSPS) is 10.3. The number of pyridine rings is 1. The number of nitrogens with zero attached hydrogens (tertiary/aromatic N) is 1. The molecule has 24 heavy (non-hydrogen) atoms. The third-order valence-corrected chi connectivity index (χ3v) is 4.94. The van der Waals surface area contributed by atoms with Crippen molar-refractivity contribution in [3.8, 4) is 5.75 Å². The number of rotatable bonds is 5. The first-order valence-corrected chi connectivity index (χ1v) is 8.49. The molecule has 130 valence electrons. The van der Waals surface area contributed by atoms with Crippen molar-refractivity contribution in [2.45, 2.75) is 11.3 Å². The van der Waals surface area contributed by atoms with E-state index in [0.29, 0.717) is 6.54 Å². The fourth-order valence-electron chi connectivity index (χ4n) is 2.40. The zero-order chi connectivity index (χ0) is 15.5. The van der Waals surface area contributed by atoms with Crippen molar-refractivity contribution in [3.63, 3.8) is 0 Å². The number of nitrogens with two attached hydrogens (primary N) is 1. The van der Waals surface area contributed by atoms with E-state index < -0.39 is 0 Å². The van der Waals surface area contributed by atoms with Gasteiger partial charge in [-0.2, -0.15) is 0 Å². The highest BCUT2D eigenvalue weighted by Crippen LogP contribution is 2.37. The van der Waals surface area contributed by atoms with Crippen LogP contribution in [0.25, 0.3) is 21.8 Å². The van der Waals surface area contributed by atoms with Crippen LogP contribution in [-0.2, 0) is 0 Å². The van der Waals surface area contributed by atoms with Gasteiger partial charge >= 0.3 is 0 Å². The van der Waals surface area contributed by atoms with E-state index in [0.717, 1.165) is 44.8 Å². The number of benzene rings is 2. The van der Waals surface area contributed by atoms with E-state index >= 15 is 0 Å². The molecular formula is C17H19Cl3N2OS. The van der Waals surface area contributed by atoms with E-state index in [-0.39, 0.29) is 24.8 Å². The number of methoxy groups -OCH3 is 1. The third-order valence-electron chi connectivity index (χ3n) is 3.49. The fraction of sp³-hybridized carbons (Fsp3) is 0.235. The number of ether oxygens (including phenoxy) is 1. The summed E-state index contributed by atoms with van der Waals surface area (Å²) in [6, 6.07) is 11.8. The molecule has 0 radical (unpaired) electrons. The first kappa shape index (κ1) is 21.1. The molecule has 0 fully saturated rings. The number of hydrogen-bond donors (Lipinski definition) is 1. The van der Waals surface area contributed by atoms with Gasteiger partial charge < -0.3 is 10.5 Å². The third kappa shape index (κ3) is 4.38. The maximum atomic E-state index is 6.18. The average molecular weight is 406 g/mol. The standard InChI is InChI=1S/C17H17ClN2OS.2ClH/c1-21-12-4-6-16-14(10-12)17(22-8-2-7-19)13-9-11(18)3-5-15(13)20-16;;/h3-6,9-10H,2,7-8,19H2,1H3;2*1H. The molecule has 2 N–H and O–H groups in total. The summed E-state index contributed by atoms with van der Waals surface area (Å²) in [5.74, 6) is 1.80. The first-order valence-electron chi connectivity index (χ1n) is 7.13. The van der Waals surface area contributed by atoms with Crippen LogP contribution in [-0.4, -0.2) is 24.4 Å². The lowest BCUT2D eigenvalue weighted by Crippen LogP contribution is -1.99. The monoisotopic (exact) mass is 404 g/mol. The molecule has 0 saturated heterocycles.